The van der Waals surface area contributed by atoms with Crippen LogP contribution in [0.2, 0.25) is 0 Å². The molecule has 0 bridgehead atoms. The molecule has 1 fully saturated rings. The average molecular weight is 218 g/mol. The van der Waals surface area contributed by atoms with Gasteiger partial charge in [0.05, 0.1) is 0 Å². The molecule has 3 nitrogen and oxygen atoms in total. The Hall–Kier alpha value is -1.51. The quantitative estimate of drug-likeness (QED) is 0.747. The van der Waals surface area contributed by atoms with Crippen LogP contribution in [0.5, 0.6) is 0 Å². The van der Waals surface area contributed by atoms with Gasteiger partial charge in [-0.2, -0.15) is 0 Å². The molecule has 1 amide bonds. The number of anilines is 1. The Labute approximate surface area is 96.0 Å². The smallest absolute Gasteiger partial charge is 0.251 e. The van der Waals surface area contributed by atoms with Gasteiger partial charge in [0.25, 0.3) is 5.91 Å². The lowest BCUT2D eigenvalue weighted by molar-refractivity contribution is 0.0896. The number of carbonyl (C=O) groups excluding carboxylic acids is 1. The maximum atomic E-state index is 11.9. The van der Waals surface area contributed by atoms with E-state index in [4.69, 9.17) is 5.73 Å². The van der Waals surface area contributed by atoms with E-state index in [9.17, 15) is 4.79 Å². The lowest BCUT2D eigenvalue weighted by Crippen LogP contribution is -2.43. The van der Waals surface area contributed by atoms with Gasteiger partial charge in [-0.3, -0.25) is 4.79 Å². The van der Waals surface area contributed by atoms with Gasteiger partial charge in [-0.05, 0) is 49.4 Å². The second-order valence-electron chi connectivity index (χ2n) is 4.88. The van der Waals surface area contributed by atoms with Gasteiger partial charge < -0.3 is 11.1 Å². The van der Waals surface area contributed by atoms with E-state index in [-0.39, 0.29) is 5.91 Å². The van der Waals surface area contributed by atoms with Crippen LogP contribution in [-0.4, -0.2) is 11.9 Å². The zero-order valence-electron chi connectivity index (χ0n) is 9.79. The van der Waals surface area contributed by atoms with Crippen molar-refractivity contribution in [2.75, 3.05) is 5.73 Å². The van der Waals surface area contributed by atoms with Crippen LogP contribution in [0.25, 0.3) is 0 Å². The van der Waals surface area contributed by atoms with E-state index < -0.39 is 0 Å². The first-order chi connectivity index (χ1) is 7.54. The lowest BCUT2D eigenvalue weighted by Gasteiger charge is -2.33. The number of hydrogen-bond acceptors (Lipinski definition) is 2. The number of benzene rings is 1. The molecule has 1 saturated carbocycles. The summed E-state index contributed by atoms with van der Waals surface area (Å²) in [4.78, 5) is 11.9. The highest BCUT2D eigenvalue weighted by atomic mass is 16.1. The third kappa shape index (κ3) is 2.35. The molecule has 0 saturated heterocycles. The summed E-state index contributed by atoms with van der Waals surface area (Å²) in [6.07, 6.45) is 2.18. The second kappa shape index (κ2) is 4.16. The fraction of sp³-hybridized carbons (Fsp3) is 0.462. The first-order valence-corrected chi connectivity index (χ1v) is 5.72. The van der Waals surface area contributed by atoms with Gasteiger partial charge in [0.1, 0.15) is 0 Å². The molecule has 0 spiro atoms. The minimum absolute atomic E-state index is 0.00713. The number of nitrogens with two attached hydrogens (primary N) is 1. The Balaban J connectivity index is 2.03. The molecule has 0 unspecified atom stereocenters. The maximum Gasteiger partial charge on any atom is 0.251 e. The summed E-state index contributed by atoms with van der Waals surface area (Å²) in [5.74, 6) is 0.736. The third-order valence-corrected chi connectivity index (χ3v) is 3.07. The van der Waals surface area contributed by atoms with E-state index in [2.05, 4.69) is 12.2 Å². The van der Waals surface area contributed by atoms with Crippen LogP contribution in [0, 0.1) is 12.8 Å². The Bertz CT molecular complexity index is 388. The first kappa shape index (κ1) is 11.0. The monoisotopic (exact) mass is 218 g/mol. The molecule has 0 atom stereocenters. The summed E-state index contributed by atoms with van der Waals surface area (Å²) >= 11 is 0. The molecule has 0 aromatic heterocycles. The van der Waals surface area contributed by atoms with Crippen molar-refractivity contribution in [2.24, 2.45) is 5.92 Å². The molecule has 0 aliphatic heterocycles. The summed E-state index contributed by atoms with van der Waals surface area (Å²) in [5.41, 5.74) is 8.05. The molecular formula is C13H18N2O. The van der Waals surface area contributed by atoms with E-state index in [1.165, 1.54) is 0 Å². The Morgan fingerprint density at radius 1 is 1.38 bits per heavy atom. The second-order valence-corrected chi connectivity index (χ2v) is 4.88. The highest BCUT2D eigenvalue weighted by molar-refractivity contribution is 5.95. The van der Waals surface area contributed by atoms with Gasteiger partial charge in [-0.25, -0.2) is 0 Å². The molecule has 0 heterocycles. The molecular weight excluding hydrogens is 200 g/mol. The topological polar surface area (TPSA) is 55.1 Å². The number of nitrogen functional groups attached to an aromatic ring is 1. The fourth-order valence-electron chi connectivity index (χ4n) is 2.23. The lowest BCUT2D eigenvalue weighted by atomic mass is 9.82. The highest BCUT2D eigenvalue weighted by Crippen LogP contribution is 2.26. The van der Waals surface area contributed by atoms with Crippen molar-refractivity contribution in [3.63, 3.8) is 0 Å². The predicted molar refractivity (Wildman–Crippen MR) is 65.2 cm³/mol. The Morgan fingerprint density at radius 2 is 2.06 bits per heavy atom. The SMILES string of the molecule is Cc1cc(N)cc(C(=O)NC2CC(C)C2)c1. The van der Waals surface area contributed by atoms with Crippen LogP contribution in [-0.2, 0) is 0 Å². The number of nitrogens with one attached hydrogen (secondary N) is 1. The molecule has 1 aliphatic carbocycles. The van der Waals surface area contributed by atoms with Gasteiger partial charge in [-0.1, -0.05) is 6.92 Å². The van der Waals surface area contributed by atoms with Gasteiger partial charge in [-0.15, -0.1) is 0 Å². The number of hydrogen-bond donors (Lipinski definition) is 2. The zero-order valence-corrected chi connectivity index (χ0v) is 9.79. The number of carbonyl (C=O) groups is 1. The molecule has 1 aromatic carbocycles. The van der Waals surface area contributed by atoms with Gasteiger partial charge >= 0.3 is 0 Å². The molecule has 1 aromatic rings. The number of rotatable bonds is 2. The summed E-state index contributed by atoms with van der Waals surface area (Å²) in [7, 11) is 0. The van der Waals surface area contributed by atoms with Crippen LogP contribution in [0.4, 0.5) is 5.69 Å². The van der Waals surface area contributed by atoms with Crippen molar-refractivity contribution >= 4 is 11.6 Å². The Morgan fingerprint density at radius 3 is 2.62 bits per heavy atom. The summed E-state index contributed by atoms with van der Waals surface area (Å²) in [6, 6.07) is 5.81. The molecule has 2 rings (SSSR count). The predicted octanol–water partition coefficient (Wildman–Crippen LogP) is 2.11. The average Bonchev–Trinajstić information content (AvgIpc) is 2.13. The van der Waals surface area contributed by atoms with Gasteiger partial charge in [0, 0.05) is 17.3 Å². The third-order valence-electron chi connectivity index (χ3n) is 3.07. The van der Waals surface area contributed by atoms with Crippen LogP contribution in [0.15, 0.2) is 18.2 Å². The molecule has 86 valence electrons. The minimum atomic E-state index is -0.00713. The van der Waals surface area contributed by atoms with Gasteiger partial charge in [0.2, 0.25) is 0 Å². The first-order valence-electron chi connectivity index (χ1n) is 5.72. The summed E-state index contributed by atoms with van der Waals surface area (Å²) < 4.78 is 0. The van der Waals surface area contributed by atoms with Crippen molar-refractivity contribution in [1.82, 2.24) is 5.32 Å². The van der Waals surface area contributed by atoms with E-state index in [0.717, 1.165) is 24.3 Å². The van der Waals surface area contributed by atoms with E-state index in [1.807, 2.05) is 19.1 Å². The van der Waals surface area contributed by atoms with Gasteiger partial charge in [0.15, 0.2) is 0 Å². The highest BCUT2D eigenvalue weighted by Gasteiger charge is 2.26. The van der Waals surface area contributed by atoms with Crippen molar-refractivity contribution < 1.29 is 4.79 Å². The maximum absolute atomic E-state index is 11.9. The minimum Gasteiger partial charge on any atom is -0.399 e. The molecule has 3 N–H and O–H groups in total. The van der Waals surface area contributed by atoms with Crippen LogP contribution in [0.1, 0.15) is 35.7 Å². The van der Waals surface area contributed by atoms with Crippen LogP contribution < -0.4 is 11.1 Å². The molecule has 1 aliphatic rings. The molecule has 0 radical (unpaired) electrons. The standard InChI is InChI=1S/C13H18N2O/c1-8-3-10(7-11(14)4-8)13(16)15-12-5-9(2)6-12/h3-4,7,9,12H,5-6,14H2,1-2H3,(H,15,16). The van der Waals surface area contributed by atoms with E-state index in [1.54, 1.807) is 6.07 Å². The normalized spacial score (nSPS) is 23.6. The van der Waals surface area contributed by atoms with E-state index in [0.29, 0.717) is 17.3 Å². The van der Waals surface area contributed by atoms with Crippen molar-refractivity contribution in [2.45, 2.75) is 32.7 Å². The van der Waals surface area contributed by atoms with Crippen LogP contribution in [0.3, 0.4) is 0 Å². The summed E-state index contributed by atoms with van der Waals surface area (Å²) in [6.45, 7) is 4.14. The number of amides is 1. The van der Waals surface area contributed by atoms with Crippen molar-refractivity contribution in [1.29, 1.82) is 0 Å². The van der Waals surface area contributed by atoms with Crippen LogP contribution >= 0.6 is 0 Å². The summed E-state index contributed by atoms with van der Waals surface area (Å²) in [5, 5.41) is 3.02. The van der Waals surface area contributed by atoms with E-state index >= 15 is 0 Å². The molecule has 16 heavy (non-hydrogen) atoms. The Kier molecular flexibility index (Phi) is 2.86. The van der Waals surface area contributed by atoms with Crippen molar-refractivity contribution in [3.8, 4) is 0 Å². The van der Waals surface area contributed by atoms with Crippen molar-refractivity contribution in [3.05, 3.63) is 29.3 Å². The fourth-order valence-corrected chi connectivity index (χ4v) is 2.23. The molecule has 3 heteroatoms. The zero-order chi connectivity index (χ0) is 11.7. The number of aryl methyl sites for hydroxylation is 1. The largest absolute Gasteiger partial charge is 0.399 e.